The number of ether oxygens (including phenoxy) is 1. The van der Waals surface area contributed by atoms with Crippen molar-refractivity contribution in [1.29, 1.82) is 0 Å². The van der Waals surface area contributed by atoms with E-state index < -0.39 is 10.1 Å². The van der Waals surface area contributed by atoms with E-state index in [-0.39, 0.29) is 12.7 Å². The Labute approximate surface area is 136 Å². The summed E-state index contributed by atoms with van der Waals surface area (Å²) in [5, 5.41) is 0. The Morgan fingerprint density at radius 1 is 1.18 bits per heavy atom. The predicted octanol–water partition coefficient (Wildman–Crippen LogP) is 4.06. The summed E-state index contributed by atoms with van der Waals surface area (Å²) in [5.74, 6) is 0.323. The summed E-state index contributed by atoms with van der Waals surface area (Å²) in [6.45, 7) is 5.14. The molecule has 4 nitrogen and oxygen atoms in total. The van der Waals surface area contributed by atoms with Crippen molar-refractivity contribution in [2.75, 3.05) is 19.5 Å². The van der Waals surface area contributed by atoms with Gasteiger partial charge in [-0.15, -0.1) is 0 Å². The molecule has 0 N–H and O–H groups in total. The van der Waals surface area contributed by atoms with Crippen LogP contribution in [0.3, 0.4) is 0 Å². The minimum atomic E-state index is -3.40. The predicted molar refractivity (Wildman–Crippen MR) is 90.4 cm³/mol. The smallest absolute Gasteiger partial charge is 0.264 e. The highest BCUT2D eigenvalue weighted by Crippen LogP contribution is 2.24. The van der Waals surface area contributed by atoms with Gasteiger partial charge in [0.05, 0.1) is 25.6 Å². The van der Waals surface area contributed by atoms with Crippen molar-refractivity contribution >= 4 is 10.1 Å². The molecular weight excluding hydrogens is 300 g/mol. The quantitative estimate of drug-likeness (QED) is 0.325. The SMILES string of the molecule is CCCCCCCCCC1OCC(C)C=C1COS(C)(=O)=O. The summed E-state index contributed by atoms with van der Waals surface area (Å²) in [7, 11) is -3.40. The summed E-state index contributed by atoms with van der Waals surface area (Å²) in [6.07, 6.45) is 13.1. The molecule has 0 spiro atoms. The second kappa shape index (κ2) is 10.4. The molecule has 0 saturated carbocycles. The second-order valence-electron chi connectivity index (χ2n) is 6.42. The van der Waals surface area contributed by atoms with Gasteiger partial charge < -0.3 is 4.74 Å². The van der Waals surface area contributed by atoms with Gasteiger partial charge in [0.1, 0.15) is 0 Å². The Balaban J connectivity index is 2.31. The molecule has 2 unspecified atom stereocenters. The Bertz CT molecular complexity index is 428. The van der Waals surface area contributed by atoms with Gasteiger partial charge in [-0.2, -0.15) is 8.42 Å². The zero-order valence-corrected chi connectivity index (χ0v) is 15.2. The average Bonchev–Trinajstić information content (AvgIpc) is 2.45. The van der Waals surface area contributed by atoms with Crippen LogP contribution < -0.4 is 0 Å². The normalized spacial score (nSPS) is 22.6. The van der Waals surface area contributed by atoms with Crippen LogP contribution in [0.4, 0.5) is 0 Å². The molecule has 1 aliphatic heterocycles. The number of unbranched alkanes of at least 4 members (excludes halogenated alkanes) is 6. The second-order valence-corrected chi connectivity index (χ2v) is 8.06. The molecule has 0 saturated heterocycles. The Morgan fingerprint density at radius 3 is 2.45 bits per heavy atom. The number of rotatable bonds is 11. The topological polar surface area (TPSA) is 52.6 Å². The van der Waals surface area contributed by atoms with Crippen LogP contribution in [-0.2, 0) is 19.0 Å². The van der Waals surface area contributed by atoms with Crippen LogP contribution in [0.25, 0.3) is 0 Å². The third kappa shape index (κ3) is 8.91. The molecule has 0 fully saturated rings. The molecular formula is C17H32O4S. The molecule has 22 heavy (non-hydrogen) atoms. The van der Waals surface area contributed by atoms with E-state index in [4.69, 9.17) is 8.92 Å². The van der Waals surface area contributed by atoms with E-state index in [1.165, 1.54) is 38.5 Å². The molecule has 2 atom stereocenters. The summed E-state index contributed by atoms with van der Waals surface area (Å²) < 4.78 is 33.1. The molecule has 0 aromatic heterocycles. The highest BCUT2D eigenvalue weighted by Gasteiger charge is 2.22. The summed E-state index contributed by atoms with van der Waals surface area (Å²) in [6, 6.07) is 0. The first-order chi connectivity index (χ1) is 10.4. The first kappa shape index (κ1) is 19.7. The molecule has 0 amide bonds. The van der Waals surface area contributed by atoms with E-state index >= 15 is 0 Å². The monoisotopic (exact) mass is 332 g/mol. The lowest BCUT2D eigenvalue weighted by atomic mass is 9.96. The lowest BCUT2D eigenvalue weighted by molar-refractivity contribution is 0.0379. The zero-order chi connectivity index (χ0) is 16.4. The van der Waals surface area contributed by atoms with Crippen molar-refractivity contribution < 1.29 is 17.3 Å². The van der Waals surface area contributed by atoms with E-state index in [0.717, 1.165) is 24.7 Å². The minimum absolute atomic E-state index is 0.0218. The van der Waals surface area contributed by atoms with Gasteiger partial charge in [0.25, 0.3) is 10.1 Å². The van der Waals surface area contributed by atoms with Gasteiger partial charge in [-0.3, -0.25) is 4.18 Å². The van der Waals surface area contributed by atoms with E-state index in [0.29, 0.717) is 12.5 Å². The Hall–Kier alpha value is -0.390. The van der Waals surface area contributed by atoms with Crippen molar-refractivity contribution in [3.63, 3.8) is 0 Å². The van der Waals surface area contributed by atoms with Gasteiger partial charge in [0.15, 0.2) is 0 Å². The van der Waals surface area contributed by atoms with Crippen LogP contribution in [0, 0.1) is 5.92 Å². The third-order valence-corrected chi connectivity index (χ3v) is 4.53. The zero-order valence-electron chi connectivity index (χ0n) is 14.3. The fraction of sp³-hybridized carbons (Fsp3) is 0.882. The van der Waals surface area contributed by atoms with Crippen LogP contribution >= 0.6 is 0 Å². The molecule has 5 heteroatoms. The first-order valence-electron chi connectivity index (χ1n) is 8.59. The molecule has 130 valence electrons. The van der Waals surface area contributed by atoms with Gasteiger partial charge in [0, 0.05) is 0 Å². The van der Waals surface area contributed by atoms with Gasteiger partial charge in [-0.1, -0.05) is 64.9 Å². The molecule has 0 aromatic carbocycles. The Morgan fingerprint density at radius 2 is 1.82 bits per heavy atom. The van der Waals surface area contributed by atoms with Crippen LogP contribution in [0.5, 0.6) is 0 Å². The van der Waals surface area contributed by atoms with Gasteiger partial charge in [-0.05, 0) is 17.9 Å². The van der Waals surface area contributed by atoms with Gasteiger partial charge >= 0.3 is 0 Å². The minimum Gasteiger partial charge on any atom is -0.373 e. The molecule has 0 bridgehead atoms. The largest absolute Gasteiger partial charge is 0.373 e. The maximum absolute atomic E-state index is 11.2. The summed E-state index contributed by atoms with van der Waals surface area (Å²) in [5.41, 5.74) is 0.982. The Kier molecular flexibility index (Phi) is 9.29. The van der Waals surface area contributed by atoms with E-state index in [9.17, 15) is 8.42 Å². The van der Waals surface area contributed by atoms with E-state index in [2.05, 4.69) is 19.9 Å². The maximum atomic E-state index is 11.2. The number of hydrogen-bond donors (Lipinski definition) is 0. The highest BCUT2D eigenvalue weighted by atomic mass is 32.2. The summed E-state index contributed by atoms with van der Waals surface area (Å²) >= 11 is 0. The lowest BCUT2D eigenvalue weighted by Crippen LogP contribution is -2.27. The molecule has 1 heterocycles. The van der Waals surface area contributed by atoms with Crippen molar-refractivity contribution in [1.82, 2.24) is 0 Å². The van der Waals surface area contributed by atoms with Crippen molar-refractivity contribution in [2.45, 2.75) is 71.3 Å². The fourth-order valence-corrected chi connectivity index (χ4v) is 3.12. The average molecular weight is 333 g/mol. The summed E-state index contributed by atoms with van der Waals surface area (Å²) in [4.78, 5) is 0. The first-order valence-corrected chi connectivity index (χ1v) is 10.4. The molecule has 0 aromatic rings. The van der Waals surface area contributed by atoms with Gasteiger partial charge in [-0.25, -0.2) is 0 Å². The van der Waals surface area contributed by atoms with E-state index in [1.54, 1.807) is 0 Å². The number of hydrogen-bond acceptors (Lipinski definition) is 4. The van der Waals surface area contributed by atoms with Crippen molar-refractivity contribution in [2.24, 2.45) is 5.92 Å². The van der Waals surface area contributed by atoms with Crippen LogP contribution in [0.15, 0.2) is 11.6 Å². The highest BCUT2D eigenvalue weighted by molar-refractivity contribution is 7.85. The fourth-order valence-electron chi connectivity index (χ4n) is 2.77. The molecule has 0 radical (unpaired) electrons. The van der Waals surface area contributed by atoms with Crippen LogP contribution in [-0.4, -0.2) is 34.0 Å². The molecule has 0 aliphatic carbocycles. The standard InChI is InChI=1S/C17H32O4S/c1-4-5-6-7-8-9-10-11-17-16(12-15(2)13-20-17)14-21-22(3,18)19/h12,15,17H,4-11,13-14H2,1-3H3. The lowest BCUT2D eigenvalue weighted by Gasteiger charge is -2.27. The maximum Gasteiger partial charge on any atom is 0.264 e. The van der Waals surface area contributed by atoms with Crippen LogP contribution in [0.1, 0.15) is 65.2 Å². The van der Waals surface area contributed by atoms with E-state index in [1.807, 2.05) is 0 Å². The van der Waals surface area contributed by atoms with Crippen molar-refractivity contribution in [3.05, 3.63) is 11.6 Å². The molecule has 1 aliphatic rings. The molecule has 1 rings (SSSR count). The van der Waals surface area contributed by atoms with Crippen molar-refractivity contribution in [3.8, 4) is 0 Å². The van der Waals surface area contributed by atoms with Crippen LogP contribution in [0.2, 0.25) is 0 Å². The van der Waals surface area contributed by atoms with Gasteiger partial charge in [0.2, 0.25) is 0 Å². The third-order valence-electron chi connectivity index (χ3n) is 3.98.